The molecule has 3 nitrogen and oxygen atoms in total. The number of fused-ring (bicyclic) bond motifs is 2. The first kappa shape index (κ1) is 33.2. The van der Waals surface area contributed by atoms with Crippen LogP contribution in [-0.4, -0.2) is 9.97 Å². The van der Waals surface area contributed by atoms with E-state index >= 15 is 0 Å². The maximum absolute atomic E-state index is 6.63. The van der Waals surface area contributed by atoms with Gasteiger partial charge in [-0.3, -0.25) is 0 Å². The van der Waals surface area contributed by atoms with Gasteiger partial charge in [0.25, 0.3) is 0 Å². The van der Waals surface area contributed by atoms with Gasteiger partial charge in [-0.15, -0.1) is 0 Å². The molecule has 0 bridgehead atoms. The van der Waals surface area contributed by atoms with E-state index in [1.165, 1.54) is 11.1 Å². The minimum absolute atomic E-state index is 0.657. The van der Waals surface area contributed by atoms with Crippen LogP contribution in [0.4, 0.5) is 0 Å². The highest BCUT2D eigenvalue weighted by Crippen LogP contribution is 2.56. The Morgan fingerprint density at radius 2 is 0.696 bits per heavy atom. The van der Waals surface area contributed by atoms with Gasteiger partial charge >= 0.3 is 0 Å². The maximum atomic E-state index is 6.63. The van der Waals surface area contributed by atoms with Crippen molar-refractivity contribution in [2.45, 2.75) is 5.41 Å². The predicted molar refractivity (Wildman–Crippen MR) is 228 cm³/mol. The smallest absolute Gasteiger partial charge is 0.160 e. The Bertz CT molecular complexity index is 2650. The lowest BCUT2D eigenvalue weighted by atomic mass is 9.62. The molecule has 1 aliphatic heterocycles. The monoisotopic (exact) mass is 716 g/mol. The Morgan fingerprint density at radius 3 is 1.20 bits per heavy atom. The van der Waals surface area contributed by atoms with Crippen molar-refractivity contribution < 1.29 is 4.74 Å². The van der Waals surface area contributed by atoms with Crippen molar-refractivity contribution in [2.75, 3.05) is 0 Å². The summed E-state index contributed by atoms with van der Waals surface area (Å²) in [5, 5.41) is 0. The van der Waals surface area contributed by atoms with Gasteiger partial charge in [-0.1, -0.05) is 200 Å². The number of ether oxygens (including phenoxy) is 1. The van der Waals surface area contributed by atoms with Crippen LogP contribution >= 0.6 is 0 Å². The van der Waals surface area contributed by atoms with E-state index in [1.807, 2.05) is 24.3 Å². The van der Waals surface area contributed by atoms with Gasteiger partial charge in [-0.05, 0) is 51.6 Å². The first-order valence-corrected chi connectivity index (χ1v) is 19.0. The number of hydrogen-bond acceptors (Lipinski definition) is 3. The molecule has 1 aromatic heterocycles. The largest absolute Gasteiger partial charge is 0.457 e. The van der Waals surface area contributed by atoms with Crippen LogP contribution < -0.4 is 4.74 Å². The first-order valence-electron chi connectivity index (χ1n) is 19.0. The molecule has 1 aliphatic rings. The first-order chi connectivity index (χ1) is 27.8. The minimum Gasteiger partial charge on any atom is -0.457 e. The molecule has 3 heteroatoms. The highest BCUT2D eigenvalue weighted by molar-refractivity contribution is 5.80. The van der Waals surface area contributed by atoms with Gasteiger partial charge in [-0.2, -0.15) is 0 Å². The van der Waals surface area contributed by atoms with Gasteiger partial charge < -0.3 is 4.74 Å². The predicted octanol–water partition coefficient (Wildman–Crippen LogP) is 13.3. The van der Waals surface area contributed by atoms with E-state index in [4.69, 9.17) is 14.7 Å². The maximum Gasteiger partial charge on any atom is 0.160 e. The summed E-state index contributed by atoms with van der Waals surface area (Å²) < 4.78 is 6.63. The molecule has 0 fully saturated rings. The molecule has 0 saturated carbocycles. The van der Waals surface area contributed by atoms with Crippen molar-refractivity contribution in [3.63, 3.8) is 0 Å². The molecule has 2 heterocycles. The highest BCUT2D eigenvalue weighted by atomic mass is 16.5. The number of nitrogens with zero attached hydrogens (tertiary/aromatic N) is 2. The standard InChI is InChI=1S/C53H36N2O/c1-4-16-37(17-5-1)39-28-32-41(33-29-39)48-36-49(42-34-30-40(31-35-42)38-18-6-2-7-19-38)55-52(54-48)44-22-10-11-23-45(44)53(43-20-8-3-9-21-43)46-24-12-14-26-50(46)56-51-27-15-13-25-47(51)53/h1-36H. The van der Waals surface area contributed by atoms with Crippen LogP contribution in [0, 0.1) is 0 Å². The minimum atomic E-state index is -0.725. The fraction of sp³-hybridized carbons (Fsp3) is 0.0189. The lowest BCUT2D eigenvalue weighted by Crippen LogP contribution is -2.34. The summed E-state index contributed by atoms with van der Waals surface area (Å²) in [5.41, 5.74) is 13.0. The van der Waals surface area contributed by atoms with Crippen LogP contribution in [0.1, 0.15) is 22.3 Å². The van der Waals surface area contributed by atoms with Gasteiger partial charge in [0.05, 0.1) is 16.8 Å². The number of benzene rings is 8. The second kappa shape index (κ2) is 14.1. The van der Waals surface area contributed by atoms with Crippen LogP contribution in [0.5, 0.6) is 11.5 Å². The summed E-state index contributed by atoms with van der Waals surface area (Å²) in [4.78, 5) is 10.8. The lowest BCUT2D eigenvalue weighted by Gasteiger charge is -2.42. The van der Waals surface area contributed by atoms with Crippen molar-refractivity contribution in [3.8, 4) is 67.7 Å². The molecule has 264 valence electrons. The summed E-state index contributed by atoms with van der Waals surface area (Å²) in [6.07, 6.45) is 0. The molecule has 0 aliphatic carbocycles. The molecule has 0 N–H and O–H groups in total. The third-order valence-corrected chi connectivity index (χ3v) is 10.9. The van der Waals surface area contributed by atoms with E-state index in [-0.39, 0.29) is 0 Å². The van der Waals surface area contributed by atoms with Gasteiger partial charge in [0.1, 0.15) is 11.5 Å². The molecule has 56 heavy (non-hydrogen) atoms. The third-order valence-electron chi connectivity index (χ3n) is 10.9. The fourth-order valence-corrected chi connectivity index (χ4v) is 8.24. The molecule has 0 radical (unpaired) electrons. The number of rotatable bonds is 7. The van der Waals surface area contributed by atoms with E-state index in [2.05, 4.69) is 194 Å². The van der Waals surface area contributed by atoms with Crippen molar-refractivity contribution in [3.05, 3.63) is 241 Å². The number of para-hydroxylation sites is 2. The van der Waals surface area contributed by atoms with Crippen molar-refractivity contribution in [2.24, 2.45) is 0 Å². The second-order valence-electron chi connectivity index (χ2n) is 14.1. The van der Waals surface area contributed by atoms with Crippen LogP contribution in [0.2, 0.25) is 0 Å². The fourth-order valence-electron chi connectivity index (χ4n) is 8.24. The van der Waals surface area contributed by atoms with Gasteiger partial charge in [0.15, 0.2) is 5.82 Å². The van der Waals surface area contributed by atoms with E-state index in [0.29, 0.717) is 5.82 Å². The Balaban J connectivity index is 1.20. The molecule has 0 unspecified atom stereocenters. The highest BCUT2D eigenvalue weighted by Gasteiger charge is 2.46. The van der Waals surface area contributed by atoms with E-state index < -0.39 is 5.41 Å². The molecule has 0 saturated heterocycles. The summed E-state index contributed by atoms with van der Waals surface area (Å²) in [5.74, 6) is 2.32. The van der Waals surface area contributed by atoms with Gasteiger partial charge in [-0.25, -0.2) is 9.97 Å². The van der Waals surface area contributed by atoms with Crippen molar-refractivity contribution in [1.82, 2.24) is 9.97 Å². The average molecular weight is 717 g/mol. The van der Waals surface area contributed by atoms with Gasteiger partial charge in [0, 0.05) is 27.8 Å². The zero-order valence-corrected chi connectivity index (χ0v) is 30.6. The quantitative estimate of drug-likeness (QED) is 0.165. The summed E-state index contributed by atoms with van der Waals surface area (Å²) >= 11 is 0. The van der Waals surface area contributed by atoms with E-state index in [1.54, 1.807) is 0 Å². The second-order valence-corrected chi connectivity index (χ2v) is 14.1. The summed E-state index contributed by atoms with van der Waals surface area (Å²) in [6, 6.07) is 76.6. The van der Waals surface area contributed by atoms with Crippen molar-refractivity contribution >= 4 is 0 Å². The molecule has 0 spiro atoms. The molecule has 0 amide bonds. The molecule has 10 rings (SSSR count). The number of hydrogen-bond donors (Lipinski definition) is 0. The summed E-state index contributed by atoms with van der Waals surface area (Å²) in [6.45, 7) is 0. The van der Waals surface area contributed by atoms with Crippen LogP contribution in [0.3, 0.4) is 0 Å². The Labute approximate surface area is 327 Å². The number of aromatic nitrogens is 2. The zero-order valence-electron chi connectivity index (χ0n) is 30.6. The molecule has 0 atom stereocenters. The Hall–Kier alpha value is -7.36. The van der Waals surface area contributed by atoms with Crippen LogP contribution in [0.15, 0.2) is 218 Å². The van der Waals surface area contributed by atoms with E-state index in [0.717, 1.165) is 73.0 Å². The third kappa shape index (κ3) is 5.78. The summed E-state index contributed by atoms with van der Waals surface area (Å²) in [7, 11) is 0. The zero-order chi connectivity index (χ0) is 37.3. The topological polar surface area (TPSA) is 35.0 Å². The molecule has 9 aromatic rings. The van der Waals surface area contributed by atoms with Crippen LogP contribution in [0.25, 0.3) is 56.2 Å². The van der Waals surface area contributed by atoms with Crippen molar-refractivity contribution in [1.29, 1.82) is 0 Å². The Kier molecular flexibility index (Phi) is 8.38. The van der Waals surface area contributed by atoms with Gasteiger partial charge in [0.2, 0.25) is 0 Å². The normalized spacial score (nSPS) is 12.6. The SMILES string of the molecule is c1ccc(-c2ccc(-c3cc(-c4ccc(-c5ccccc5)cc4)nc(-c4ccccc4C4(c5ccccc5)c5ccccc5Oc5ccccc54)n3)cc2)cc1. The van der Waals surface area contributed by atoms with Crippen LogP contribution in [-0.2, 0) is 5.41 Å². The lowest BCUT2D eigenvalue weighted by molar-refractivity contribution is 0.434. The Morgan fingerprint density at radius 1 is 0.321 bits per heavy atom. The molecular weight excluding hydrogens is 681 g/mol. The average Bonchev–Trinajstić information content (AvgIpc) is 3.29. The van der Waals surface area contributed by atoms with E-state index in [9.17, 15) is 0 Å². The molecule has 8 aromatic carbocycles. The molecular formula is C53H36N2O.